The van der Waals surface area contributed by atoms with E-state index in [1.807, 2.05) is 42.1 Å². The van der Waals surface area contributed by atoms with Crippen LogP contribution in [0, 0.1) is 0 Å². The second-order valence-electron chi connectivity index (χ2n) is 5.11. The molecule has 1 aromatic carbocycles. The molecule has 2 fully saturated rings. The summed E-state index contributed by atoms with van der Waals surface area (Å²) >= 11 is 1.82. The molecule has 0 aliphatic carbocycles. The molecule has 0 aromatic heterocycles. The van der Waals surface area contributed by atoms with Gasteiger partial charge in [-0.05, 0) is 25.0 Å². The molecule has 4 nitrogen and oxygen atoms in total. The Balaban J connectivity index is 0.00000161. The molecule has 2 saturated heterocycles. The van der Waals surface area contributed by atoms with E-state index in [1.165, 1.54) is 12.8 Å². The number of nitrogens with zero attached hydrogens (tertiary/aromatic N) is 4. The van der Waals surface area contributed by atoms with Crippen LogP contribution < -0.4 is 0 Å². The van der Waals surface area contributed by atoms with Crippen LogP contribution in [0.1, 0.15) is 12.8 Å². The van der Waals surface area contributed by atoms with Crippen molar-refractivity contribution in [3.63, 3.8) is 0 Å². The van der Waals surface area contributed by atoms with Crippen molar-refractivity contribution in [3.8, 4) is 0 Å². The molecule has 0 radical (unpaired) electrons. The van der Waals surface area contributed by atoms with E-state index in [2.05, 4.69) is 16.8 Å². The Hall–Kier alpha value is -0.760. The van der Waals surface area contributed by atoms with Gasteiger partial charge in [-0.15, -0.1) is 24.0 Å². The number of benzene rings is 1. The molecule has 21 heavy (non-hydrogen) atoms. The van der Waals surface area contributed by atoms with Crippen LogP contribution in [-0.2, 0) is 0 Å². The van der Waals surface area contributed by atoms with Gasteiger partial charge in [0.2, 0.25) is 5.96 Å². The maximum Gasteiger partial charge on any atom is 0.228 e. The van der Waals surface area contributed by atoms with E-state index < -0.39 is 0 Å². The van der Waals surface area contributed by atoms with Crippen molar-refractivity contribution in [2.24, 2.45) is 9.98 Å². The van der Waals surface area contributed by atoms with Gasteiger partial charge in [-0.3, -0.25) is 0 Å². The smallest absolute Gasteiger partial charge is 0.228 e. The van der Waals surface area contributed by atoms with Gasteiger partial charge in [-0.1, -0.05) is 30.0 Å². The van der Waals surface area contributed by atoms with Crippen LogP contribution in [0.4, 0.5) is 5.69 Å². The highest BCUT2D eigenvalue weighted by molar-refractivity contribution is 14.0. The van der Waals surface area contributed by atoms with E-state index >= 15 is 0 Å². The summed E-state index contributed by atoms with van der Waals surface area (Å²) in [5.41, 5.74) is 0.976. The summed E-state index contributed by atoms with van der Waals surface area (Å²) in [6.07, 6.45) is 2.48. The minimum absolute atomic E-state index is 0. The van der Waals surface area contributed by atoms with Crippen LogP contribution in [0.25, 0.3) is 0 Å². The number of para-hydroxylation sites is 1. The Kier molecular flexibility index (Phi) is 6.35. The van der Waals surface area contributed by atoms with Gasteiger partial charge < -0.3 is 9.80 Å². The van der Waals surface area contributed by atoms with Gasteiger partial charge in [0.25, 0.3) is 0 Å². The molecule has 0 N–H and O–H groups in total. The van der Waals surface area contributed by atoms with E-state index in [1.54, 1.807) is 0 Å². The summed E-state index contributed by atoms with van der Waals surface area (Å²) < 4.78 is 0. The molecule has 6 heteroatoms. The average Bonchev–Trinajstić information content (AvgIpc) is 3.12. The molecule has 0 atom stereocenters. The fourth-order valence-corrected chi connectivity index (χ4v) is 3.39. The lowest BCUT2D eigenvalue weighted by Gasteiger charge is -2.18. The highest BCUT2D eigenvalue weighted by atomic mass is 127. The van der Waals surface area contributed by atoms with Gasteiger partial charge >= 0.3 is 0 Å². The lowest BCUT2D eigenvalue weighted by molar-refractivity contribution is 0.510. The Labute approximate surface area is 147 Å². The molecule has 0 amide bonds. The monoisotopic (exact) mass is 416 g/mol. The van der Waals surface area contributed by atoms with Crippen molar-refractivity contribution in [3.05, 3.63) is 30.3 Å². The molecular formula is C15H21IN4S. The van der Waals surface area contributed by atoms with Gasteiger partial charge in [-0.25, -0.2) is 4.99 Å². The van der Waals surface area contributed by atoms with Crippen molar-refractivity contribution in [1.29, 1.82) is 0 Å². The molecule has 0 spiro atoms. The Morgan fingerprint density at radius 1 is 1.10 bits per heavy atom. The number of amidine groups is 1. The Morgan fingerprint density at radius 3 is 2.43 bits per heavy atom. The topological polar surface area (TPSA) is 31.2 Å². The SMILES string of the molecule is CN1CCS/C1=N/C(=Nc1ccccc1)N1CCCC1.I. The Bertz CT molecular complexity index is 512. The predicted octanol–water partition coefficient (Wildman–Crippen LogP) is 3.42. The zero-order valence-corrected chi connectivity index (χ0v) is 15.4. The number of aliphatic imine (C=N–C) groups is 2. The third-order valence-corrected chi connectivity index (χ3v) is 4.60. The highest BCUT2D eigenvalue weighted by Gasteiger charge is 2.20. The van der Waals surface area contributed by atoms with Crippen LogP contribution >= 0.6 is 35.7 Å². The van der Waals surface area contributed by atoms with Crippen molar-refractivity contribution in [2.75, 3.05) is 32.4 Å². The number of hydrogen-bond acceptors (Lipinski definition) is 2. The van der Waals surface area contributed by atoms with Crippen molar-refractivity contribution in [1.82, 2.24) is 9.80 Å². The number of rotatable bonds is 1. The minimum Gasteiger partial charge on any atom is -0.353 e. The lowest BCUT2D eigenvalue weighted by atomic mass is 10.3. The van der Waals surface area contributed by atoms with Gasteiger partial charge in [0.15, 0.2) is 5.17 Å². The van der Waals surface area contributed by atoms with Crippen LogP contribution in [0.3, 0.4) is 0 Å². The lowest BCUT2D eigenvalue weighted by Crippen LogP contribution is -2.29. The van der Waals surface area contributed by atoms with Gasteiger partial charge in [0, 0.05) is 32.4 Å². The summed E-state index contributed by atoms with van der Waals surface area (Å²) in [6, 6.07) is 10.1. The molecule has 2 heterocycles. The van der Waals surface area contributed by atoms with Gasteiger partial charge in [0.1, 0.15) is 0 Å². The number of hydrogen-bond donors (Lipinski definition) is 0. The van der Waals surface area contributed by atoms with Crippen LogP contribution in [0.5, 0.6) is 0 Å². The van der Waals surface area contributed by atoms with E-state index in [0.717, 1.165) is 42.2 Å². The first-order valence-electron chi connectivity index (χ1n) is 7.14. The van der Waals surface area contributed by atoms with Crippen molar-refractivity contribution >= 4 is 52.6 Å². The number of thioether (sulfide) groups is 1. The predicted molar refractivity (Wildman–Crippen MR) is 102 cm³/mol. The molecule has 2 aliphatic rings. The second-order valence-corrected chi connectivity index (χ2v) is 6.17. The number of guanidine groups is 1. The zero-order chi connectivity index (χ0) is 13.8. The zero-order valence-electron chi connectivity index (χ0n) is 12.2. The van der Waals surface area contributed by atoms with E-state index in [9.17, 15) is 0 Å². The van der Waals surface area contributed by atoms with E-state index in [-0.39, 0.29) is 24.0 Å². The summed E-state index contributed by atoms with van der Waals surface area (Å²) in [7, 11) is 2.10. The molecule has 0 saturated carbocycles. The first-order chi connectivity index (χ1) is 9.83. The molecular weight excluding hydrogens is 395 g/mol. The molecule has 2 aliphatic heterocycles. The van der Waals surface area contributed by atoms with Crippen molar-refractivity contribution in [2.45, 2.75) is 12.8 Å². The maximum atomic E-state index is 4.82. The van der Waals surface area contributed by atoms with Gasteiger partial charge in [0.05, 0.1) is 5.69 Å². The summed E-state index contributed by atoms with van der Waals surface area (Å²) in [6.45, 7) is 3.20. The maximum absolute atomic E-state index is 4.82. The van der Waals surface area contributed by atoms with E-state index in [4.69, 9.17) is 9.98 Å². The van der Waals surface area contributed by atoms with Gasteiger partial charge in [-0.2, -0.15) is 4.99 Å². The highest BCUT2D eigenvalue weighted by Crippen LogP contribution is 2.20. The summed E-state index contributed by atoms with van der Waals surface area (Å²) in [5.74, 6) is 1.98. The second kappa shape index (κ2) is 8.03. The van der Waals surface area contributed by atoms with E-state index in [0.29, 0.717) is 0 Å². The Morgan fingerprint density at radius 2 is 1.81 bits per heavy atom. The standard InChI is InChI=1S/C15H20N4S.HI/c1-18-11-12-20-15(18)17-14(19-9-5-6-10-19)16-13-7-3-2-4-8-13;/h2-4,7-8H,5-6,9-12H2,1H3;1H/b16-14?,17-15+;. The largest absolute Gasteiger partial charge is 0.353 e. The first-order valence-corrected chi connectivity index (χ1v) is 8.13. The fraction of sp³-hybridized carbons (Fsp3) is 0.467. The first kappa shape index (κ1) is 16.6. The summed E-state index contributed by atoms with van der Waals surface area (Å²) in [4.78, 5) is 14.1. The molecule has 3 rings (SSSR count). The third-order valence-electron chi connectivity index (χ3n) is 3.55. The molecule has 0 unspecified atom stereocenters. The molecule has 1 aromatic rings. The quantitative estimate of drug-likeness (QED) is 0.400. The normalized spacial score (nSPS) is 21.0. The summed E-state index contributed by atoms with van der Waals surface area (Å²) in [5, 5.41) is 1.09. The third kappa shape index (κ3) is 4.35. The van der Waals surface area contributed by atoms with Crippen LogP contribution in [0.15, 0.2) is 40.3 Å². The molecule has 0 bridgehead atoms. The molecule has 114 valence electrons. The van der Waals surface area contributed by atoms with Crippen LogP contribution in [-0.4, -0.2) is 53.4 Å². The fourth-order valence-electron chi connectivity index (χ4n) is 2.38. The number of halogens is 1. The minimum atomic E-state index is 0. The number of likely N-dealkylation sites (tertiary alicyclic amines) is 1. The average molecular weight is 416 g/mol. The van der Waals surface area contributed by atoms with Crippen LogP contribution in [0.2, 0.25) is 0 Å². The van der Waals surface area contributed by atoms with Crippen molar-refractivity contribution < 1.29 is 0 Å².